The first-order valence-corrected chi connectivity index (χ1v) is 4.15. The van der Waals surface area contributed by atoms with E-state index in [2.05, 4.69) is 10.3 Å². The van der Waals surface area contributed by atoms with Gasteiger partial charge in [-0.05, 0) is 12.1 Å². The maximum Gasteiger partial charge on any atom is 0.416 e. The summed E-state index contributed by atoms with van der Waals surface area (Å²) in [6.07, 6.45) is -4.41. The Balaban J connectivity index is 3.21. The van der Waals surface area contributed by atoms with Gasteiger partial charge in [0.05, 0.1) is 5.56 Å². The van der Waals surface area contributed by atoms with E-state index in [9.17, 15) is 22.8 Å². The predicted molar refractivity (Wildman–Crippen MR) is 48.9 cm³/mol. The number of amides is 1. The van der Waals surface area contributed by atoms with Gasteiger partial charge in [-0.1, -0.05) is 0 Å². The fourth-order valence-corrected chi connectivity index (χ4v) is 1.02. The molecule has 0 aliphatic rings. The Labute approximate surface area is 88.5 Å². The van der Waals surface area contributed by atoms with E-state index in [1.54, 1.807) is 0 Å². The number of nitrogens with one attached hydrogen (secondary N) is 1. The molecule has 0 saturated carbocycles. The summed E-state index contributed by atoms with van der Waals surface area (Å²) in [6.45, 7) is 1.13. The molecule has 0 unspecified atom stereocenters. The molecule has 0 aliphatic carbocycles. The normalized spacial score (nSPS) is 11.0. The Morgan fingerprint density at radius 1 is 1.44 bits per heavy atom. The van der Waals surface area contributed by atoms with Gasteiger partial charge in [-0.25, -0.2) is 4.98 Å². The minimum atomic E-state index is -4.59. The van der Waals surface area contributed by atoms with Crippen LogP contribution in [0.25, 0.3) is 0 Å². The van der Waals surface area contributed by atoms with Crippen LogP contribution in [0.5, 0.6) is 0 Å². The topological polar surface area (TPSA) is 59.1 Å². The highest BCUT2D eigenvalue weighted by Crippen LogP contribution is 2.30. The molecule has 1 aromatic rings. The lowest BCUT2D eigenvalue weighted by Gasteiger charge is -2.09. The molecular formula is C9H7F3N2O2. The summed E-state index contributed by atoms with van der Waals surface area (Å²) in [5.74, 6) is -0.868. The summed E-state index contributed by atoms with van der Waals surface area (Å²) in [4.78, 5) is 24.5. The van der Waals surface area contributed by atoms with Crippen molar-refractivity contribution in [3.05, 3.63) is 23.4 Å². The van der Waals surface area contributed by atoms with Crippen LogP contribution >= 0.6 is 0 Å². The fraction of sp³-hybridized carbons (Fsp3) is 0.222. The van der Waals surface area contributed by atoms with E-state index in [1.165, 1.54) is 0 Å². The van der Waals surface area contributed by atoms with E-state index in [-0.39, 0.29) is 12.1 Å². The Kier molecular flexibility index (Phi) is 3.26. The van der Waals surface area contributed by atoms with Crippen molar-refractivity contribution in [2.75, 3.05) is 5.32 Å². The van der Waals surface area contributed by atoms with E-state index in [4.69, 9.17) is 0 Å². The zero-order chi connectivity index (χ0) is 12.3. The van der Waals surface area contributed by atoms with Gasteiger partial charge in [0.15, 0.2) is 6.29 Å². The van der Waals surface area contributed by atoms with Gasteiger partial charge in [-0.15, -0.1) is 0 Å². The Bertz CT molecular complexity index is 429. The van der Waals surface area contributed by atoms with Crippen molar-refractivity contribution in [3.63, 3.8) is 0 Å². The van der Waals surface area contributed by atoms with Crippen LogP contribution in [0.4, 0.5) is 19.0 Å². The first-order valence-electron chi connectivity index (χ1n) is 4.15. The molecule has 1 aromatic heterocycles. The average molecular weight is 232 g/mol. The number of rotatable bonds is 2. The van der Waals surface area contributed by atoms with Crippen LogP contribution < -0.4 is 5.32 Å². The molecule has 0 aliphatic heterocycles. The van der Waals surface area contributed by atoms with Gasteiger partial charge < -0.3 is 5.32 Å². The molecule has 1 rings (SSSR count). The number of carbonyl (C=O) groups is 2. The zero-order valence-corrected chi connectivity index (χ0v) is 8.13. The predicted octanol–water partition coefficient (Wildman–Crippen LogP) is 1.87. The number of aldehydes is 1. The molecule has 1 amide bonds. The van der Waals surface area contributed by atoms with Gasteiger partial charge >= 0.3 is 6.18 Å². The van der Waals surface area contributed by atoms with Gasteiger partial charge in [0.1, 0.15) is 11.5 Å². The molecule has 0 aromatic carbocycles. The lowest BCUT2D eigenvalue weighted by atomic mass is 10.2. The van der Waals surface area contributed by atoms with Crippen LogP contribution in [-0.4, -0.2) is 17.2 Å². The third-order valence-electron chi connectivity index (χ3n) is 1.60. The maximum atomic E-state index is 12.4. The second kappa shape index (κ2) is 4.30. The van der Waals surface area contributed by atoms with Crippen molar-refractivity contribution in [2.24, 2.45) is 0 Å². The lowest BCUT2D eigenvalue weighted by Crippen LogP contribution is -2.12. The second-order valence-electron chi connectivity index (χ2n) is 2.96. The number of carbonyl (C=O) groups excluding carboxylic acids is 2. The minimum Gasteiger partial charge on any atom is -0.311 e. The van der Waals surface area contributed by atoms with Crippen LogP contribution in [0.3, 0.4) is 0 Å². The summed E-state index contributed by atoms with van der Waals surface area (Å²) in [5, 5.41) is 2.08. The Hall–Kier alpha value is -1.92. The maximum absolute atomic E-state index is 12.4. The second-order valence-corrected chi connectivity index (χ2v) is 2.96. The van der Waals surface area contributed by atoms with Crippen LogP contribution in [0.1, 0.15) is 23.0 Å². The molecule has 0 spiro atoms. The van der Waals surface area contributed by atoms with Gasteiger partial charge in [-0.2, -0.15) is 13.2 Å². The van der Waals surface area contributed by atoms with Crippen molar-refractivity contribution in [2.45, 2.75) is 13.1 Å². The molecule has 0 fully saturated rings. The number of aromatic nitrogens is 1. The standard InChI is InChI=1S/C9H7F3N2O2/c1-5(16)13-8-3-6(9(10,11)12)2-7(4-15)14-8/h2-4H,1H3,(H,13,14,16). The summed E-state index contributed by atoms with van der Waals surface area (Å²) in [6, 6.07) is 1.27. The molecule has 1 heterocycles. The number of pyridine rings is 1. The number of halogens is 3. The molecule has 0 bridgehead atoms. The van der Waals surface area contributed by atoms with Gasteiger partial charge in [0.25, 0.3) is 0 Å². The van der Waals surface area contributed by atoms with Crippen molar-refractivity contribution in [3.8, 4) is 0 Å². The number of alkyl halides is 3. The number of hydrogen-bond acceptors (Lipinski definition) is 3. The molecular weight excluding hydrogens is 225 g/mol. The monoisotopic (exact) mass is 232 g/mol. The van der Waals surface area contributed by atoms with E-state index in [0.717, 1.165) is 6.92 Å². The van der Waals surface area contributed by atoms with Gasteiger partial charge in [-0.3, -0.25) is 9.59 Å². The first kappa shape index (κ1) is 12.2. The summed E-state index contributed by atoms with van der Waals surface area (Å²) >= 11 is 0. The zero-order valence-electron chi connectivity index (χ0n) is 8.13. The summed E-state index contributed by atoms with van der Waals surface area (Å²) in [5.41, 5.74) is -1.42. The first-order chi connectivity index (χ1) is 7.32. The van der Waals surface area contributed by atoms with E-state index in [0.29, 0.717) is 12.1 Å². The third-order valence-corrected chi connectivity index (χ3v) is 1.60. The van der Waals surface area contributed by atoms with Crippen molar-refractivity contribution >= 4 is 18.0 Å². The Morgan fingerprint density at radius 3 is 2.50 bits per heavy atom. The smallest absolute Gasteiger partial charge is 0.311 e. The largest absolute Gasteiger partial charge is 0.416 e. The fourth-order valence-electron chi connectivity index (χ4n) is 1.02. The van der Waals surface area contributed by atoms with E-state index in [1.807, 2.05) is 0 Å². The quantitative estimate of drug-likeness (QED) is 0.792. The number of nitrogens with zero attached hydrogens (tertiary/aromatic N) is 1. The molecule has 4 nitrogen and oxygen atoms in total. The lowest BCUT2D eigenvalue weighted by molar-refractivity contribution is -0.137. The third kappa shape index (κ3) is 3.04. The molecule has 0 atom stereocenters. The SMILES string of the molecule is CC(=O)Nc1cc(C(F)(F)F)cc(C=O)n1. The van der Waals surface area contributed by atoms with Crippen molar-refractivity contribution < 1.29 is 22.8 Å². The van der Waals surface area contributed by atoms with E-state index < -0.39 is 23.3 Å². The van der Waals surface area contributed by atoms with Crippen LogP contribution in [0.15, 0.2) is 12.1 Å². The molecule has 86 valence electrons. The van der Waals surface area contributed by atoms with E-state index >= 15 is 0 Å². The number of hydrogen-bond donors (Lipinski definition) is 1. The average Bonchev–Trinajstić information content (AvgIpc) is 2.14. The number of anilines is 1. The highest BCUT2D eigenvalue weighted by molar-refractivity contribution is 5.88. The summed E-state index contributed by atoms with van der Waals surface area (Å²) in [7, 11) is 0. The van der Waals surface area contributed by atoms with Crippen LogP contribution in [0.2, 0.25) is 0 Å². The molecule has 7 heteroatoms. The molecule has 1 N–H and O–H groups in total. The minimum absolute atomic E-state index is 0.181. The van der Waals surface area contributed by atoms with Gasteiger partial charge in [0, 0.05) is 6.92 Å². The highest BCUT2D eigenvalue weighted by Gasteiger charge is 2.31. The van der Waals surface area contributed by atoms with Crippen molar-refractivity contribution in [1.82, 2.24) is 4.98 Å². The van der Waals surface area contributed by atoms with Gasteiger partial charge in [0.2, 0.25) is 5.91 Å². The molecule has 0 saturated heterocycles. The van der Waals surface area contributed by atoms with Crippen LogP contribution in [0, 0.1) is 0 Å². The summed E-state index contributed by atoms with van der Waals surface area (Å²) < 4.78 is 37.1. The Morgan fingerprint density at radius 2 is 2.06 bits per heavy atom. The van der Waals surface area contributed by atoms with Crippen molar-refractivity contribution in [1.29, 1.82) is 0 Å². The molecule has 0 radical (unpaired) electrons. The molecule has 16 heavy (non-hydrogen) atoms. The highest BCUT2D eigenvalue weighted by atomic mass is 19.4. The van der Waals surface area contributed by atoms with Crippen LogP contribution in [-0.2, 0) is 11.0 Å².